The lowest BCUT2D eigenvalue weighted by Crippen LogP contribution is -2.42. The first-order valence-corrected chi connectivity index (χ1v) is 12.6. The Kier molecular flexibility index (Phi) is 8.95. The van der Waals surface area contributed by atoms with Crippen molar-refractivity contribution in [1.29, 1.82) is 0 Å². The van der Waals surface area contributed by atoms with E-state index in [-0.39, 0.29) is 36.3 Å². The van der Waals surface area contributed by atoms with Crippen LogP contribution in [0.5, 0.6) is 11.5 Å². The van der Waals surface area contributed by atoms with Gasteiger partial charge in [-0.05, 0) is 35.4 Å². The number of aliphatic hydroxyl groups excluding tert-OH is 2. The van der Waals surface area contributed by atoms with Crippen molar-refractivity contribution in [1.82, 2.24) is 14.7 Å². The van der Waals surface area contributed by atoms with Gasteiger partial charge in [0.25, 0.3) is 5.91 Å². The maximum Gasteiger partial charge on any atom is 0.573 e. The molecule has 4 N–H and O–H groups in total. The molecule has 13 heteroatoms. The average molecular weight is 563 g/mol. The highest BCUT2D eigenvalue weighted by Gasteiger charge is 2.31. The molecule has 0 spiro atoms. The molecule has 1 atom stereocenters. The van der Waals surface area contributed by atoms with Crippen LogP contribution in [0.2, 0.25) is 0 Å². The van der Waals surface area contributed by atoms with Gasteiger partial charge in [-0.25, -0.2) is 0 Å². The van der Waals surface area contributed by atoms with Crippen molar-refractivity contribution in [3.05, 3.63) is 66.0 Å². The maximum atomic E-state index is 12.7. The lowest BCUT2D eigenvalue weighted by atomic mass is 10.0. The SMILES string of the molecule is NC(=O)c1cc(-c2cnn(CC(O)CO)c2)ccc1OC1CCN(C(=O)Cc2ccc(OC(F)(F)F)cc2)CC1. The Morgan fingerprint density at radius 3 is 2.42 bits per heavy atom. The summed E-state index contributed by atoms with van der Waals surface area (Å²) >= 11 is 0. The van der Waals surface area contributed by atoms with Crippen LogP contribution in [0, 0.1) is 0 Å². The van der Waals surface area contributed by atoms with Crippen molar-refractivity contribution in [3.63, 3.8) is 0 Å². The summed E-state index contributed by atoms with van der Waals surface area (Å²) in [5.74, 6) is -0.848. The fourth-order valence-electron chi connectivity index (χ4n) is 4.39. The van der Waals surface area contributed by atoms with E-state index in [1.165, 1.54) is 28.9 Å². The molecule has 4 rings (SSSR count). The molecule has 1 unspecified atom stereocenters. The van der Waals surface area contributed by atoms with Crippen LogP contribution in [0.4, 0.5) is 13.2 Å². The van der Waals surface area contributed by atoms with Gasteiger partial charge in [-0.2, -0.15) is 5.10 Å². The molecular weight excluding hydrogens is 533 g/mol. The summed E-state index contributed by atoms with van der Waals surface area (Å²) in [6, 6.07) is 10.2. The molecule has 40 heavy (non-hydrogen) atoms. The van der Waals surface area contributed by atoms with Gasteiger partial charge in [0.1, 0.15) is 17.6 Å². The van der Waals surface area contributed by atoms with Crippen molar-refractivity contribution >= 4 is 11.8 Å². The number of amides is 2. The molecule has 0 saturated carbocycles. The van der Waals surface area contributed by atoms with E-state index in [1.807, 2.05) is 0 Å². The molecule has 214 valence electrons. The second-order valence-corrected chi connectivity index (χ2v) is 9.43. The monoisotopic (exact) mass is 562 g/mol. The highest BCUT2D eigenvalue weighted by molar-refractivity contribution is 5.97. The number of nitrogens with zero attached hydrogens (tertiary/aromatic N) is 3. The summed E-state index contributed by atoms with van der Waals surface area (Å²) < 4.78 is 48.4. The molecule has 2 amide bonds. The molecular formula is C27H29F3N4O6. The first-order chi connectivity index (χ1) is 19.0. The fraction of sp³-hybridized carbons (Fsp3) is 0.370. The number of primary amides is 1. The summed E-state index contributed by atoms with van der Waals surface area (Å²) in [6.45, 7) is 0.562. The Labute approximate surface area is 227 Å². The molecule has 2 heterocycles. The number of piperidine rings is 1. The van der Waals surface area contributed by atoms with E-state index in [1.54, 1.807) is 35.5 Å². The topological polar surface area (TPSA) is 140 Å². The third kappa shape index (κ3) is 7.73. The summed E-state index contributed by atoms with van der Waals surface area (Å²) in [6.07, 6.45) is -1.65. The van der Waals surface area contributed by atoms with Gasteiger partial charge in [0.05, 0.1) is 37.4 Å². The lowest BCUT2D eigenvalue weighted by Gasteiger charge is -2.32. The van der Waals surface area contributed by atoms with Crippen LogP contribution in [-0.4, -0.2) is 75.0 Å². The fourth-order valence-corrected chi connectivity index (χ4v) is 4.39. The van der Waals surface area contributed by atoms with Crippen molar-refractivity contribution < 1.29 is 42.4 Å². The minimum absolute atomic E-state index is 0.0423. The molecule has 1 saturated heterocycles. The Hall–Kier alpha value is -4.10. The van der Waals surface area contributed by atoms with Gasteiger partial charge in [-0.15, -0.1) is 13.2 Å². The van der Waals surface area contributed by atoms with Crippen LogP contribution in [0.1, 0.15) is 28.8 Å². The zero-order valence-corrected chi connectivity index (χ0v) is 21.4. The van der Waals surface area contributed by atoms with E-state index in [0.717, 1.165) is 0 Å². The van der Waals surface area contributed by atoms with Crippen molar-refractivity contribution in [2.24, 2.45) is 5.73 Å². The number of hydrogen-bond donors (Lipinski definition) is 3. The number of alkyl halides is 3. The van der Waals surface area contributed by atoms with Gasteiger partial charge < -0.3 is 30.3 Å². The summed E-state index contributed by atoms with van der Waals surface area (Å²) in [7, 11) is 0. The predicted octanol–water partition coefficient (Wildman–Crippen LogP) is 2.51. The van der Waals surface area contributed by atoms with Crippen LogP contribution >= 0.6 is 0 Å². The standard InChI is InChI=1S/C27H29F3N4O6/c28-27(29,30)40-22-4-1-17(2-5-22)11-25(37)33-9-7-21(8-10-33)39-24-6-3-18(12-23(24)26(31)38)19-13-32-34(14-19)15-20(36)16-35/h1-6,12-14,20-21,35-36H,7-11,15-16H2,(H2,31,38). The zero-order valence-electron chi connectivity index (χ0n) is 21.4. The molecule has 1 aliphatic heterocycles. The average Bonchev–Trinajstić information content (AvgIpc) is 3.37. The van der Waals surface area contributed by atoms with E-state index in [4.69, 9.17) is 15.6 Å². The van der Waals surface area contributed by atoms with Gasteiger partial charge in [0.15, 0.2) is 0 Å². The van der Waals surface area contributed by atoms with Gasteiger partial charge >= 0.3 is 6.36 Å². The minimum atomic E-state index is -4.78. The molecule has 1 aromatic heterocycles. The van der Waals surface area contributed by atoms with E-state index >= 15 is 0 Å². The zero-order chi connectivity index (χ0) is 28.9. The number of hydrogen-bond acceptors (Lipinski definition) is 7. The lowest BCUT2D eigenvalue weighted by molar-refractivity contribution is -0.274. The minimum Gasteiger partial charge on any atom is -0.489 e. The number of carbonyl (C=O) groups is 2. The molecule has 2 aromatic carbocycles. The van der Waals surface area contributed by atoms with Crippen molar-refractivity contribution in [2.75, 3.05) is 19.7 Å². The van der Waals surface area contributed by atoms with Gasteiger partial charge in [0, 0.05) is 37.7 Å². The Bertz CT molecular complexity index is 1320. The van der Waals surface area contributed by atoms with E-state index < -0.39 is 25.0 Å². The second kappa shape index (κ2) is 12.4. The third-order valence-corrected chi connectivity index (χ3v) is 6.42. The van der Waals surface area contributed by atoms with E-state index in [0.29, 0.717) is 48.4 Å². The molecule has 0 bridgehead atoms. The number of halogens is 3. The largest absolute Gasteiger partial charge is 0.573 e. The Morgan fingerprint density at radius 1 is 1.10 bits per heavy atom. The first-order valence-electron chi connectivity index (χ1n) is 12.6. The number of benzene rings is 2. The van der Waals surface area contributed by atoms with Crippen LogP contribution in [0.3, 0.4) is 0 Å². The summed E-state index contributed by atoms with van der Waals surface area (Å²) in [4.78, 5) is 26.6. The number of nitrogens with two attached hydrogens (primary N) is 1. The molecule has 1 aliphatic rings. The third-order valence-electron chi connectivity index (χ3n) is 6.42. The van der Waals surface area contributed by atoms with Gasteiger partial charge in [0.2, 0.25) is 5.91 Å². The smallest absolute Gasteiger partial charge is 0.489 e. The number of aliphatic hydroxyl groups is 2. The number of rotatable bonds is 10. The first kappa shape index (κ1) is 28.9. The number of aromatic nitrogens is 2. The number of ether oxygens (including phenoxy) is 2. The Morgan fingerprint density at radius 2 is 1.80 bits per heavy atom. The molecule has 3 aromatic rings. The van der Waals surface area contributed by atoms with Crippen LogP contribution in [0.25, 0.3) is 11.1 Å². The second-order valence-electron chi connectivity index (χ2n) is 9.43. The Balaban J connectivity index is 1.33. The quantitative estimate of drug-likeness (QED) is 0.345. The highest BCUT2D eigenvalue weighted by atomic mass is 19.4. The maximum absolute atomic E-state index is 12.7. The van der Waals surface area contributed by atoms with Gasteiger partial charge in [-0.1, -0.05) is 18.2 Å². The summed E-state index contributed by atoms with van der Waals surface area (Å²) in [5.41, 5.74) is 7.73. The van der Waals surface area contributed by atoms with E-state index in [9.17, 15) is 27.9 Å². The van der Waals surface area contributed by atoms with Crippen molar-refractivity contribution in [2.45, 2.75) is 44.4 Å². The molecule has 1 fully saturated rings. The summed E-state index contributed by atoms with van der Waals surface area (Å²) in [5, 5.41) is 22.8. The van der Waals surface area contributed by atoms with Crippen LogP contribution < -0.4 is 15.2 Å². The molecule has 10 nitrogen and oxygen atoms in total. The normalized spacial score (nSPS) is 15.1. The number of likely N-dealkylation sites (tertiary alicyclic amines) is 1. The van der Waals surface area contributed by atoms with Crippen LogP contribution in [0.15, 0.2) is 54.9 Å². The molecule has 0 radical (unpaired) electrons. The predicted molar refractivity (Wildman–Crippen MR) is 136 cm³/mol. The van der Waals surface area contributed by atoms with E-state index in [2.05, 4.69) is 9.84 Å². The van der Waals surface area contributed by atoms with Crippen molar-refractivity contribution in [3.8, 4) is 22.6 Å². The van der Waals surface area contributed by atoms with Crippen LogP contribution in [-0.2, 0) is 17.8 Å². The number of carbonyl (C=O) groups excluding carboxylic acids is 2. The molecule has 0 aliphatic carbocycles. The highest BCUT2D eigenvalue weighted by Crippen LogP contribution is 2.29. The van der Waals surface area contributed by atoms with Gasteiger partial charge in [-0.3, -0.25) is 14.3 Å².